The molecule has 0 unspecified atom stereocenters. The molecule has 0 atom stereocenters. The number of piperidine rings is 1. The first-order valence-corrected chi connectivity index (χ1v) is 11.3. The van der Waals surface area contributed by atoms with Crippen LogP contribution in [0.1, 0.15) is 32.3 Å². The second kappa shape index (κ2) is 8.85. The van der Waals surface area contributed by atoms with Crippen molar-refractivity contribution < 1.29 is 13.4 Å². The van der Waals surface area contributed by atoms with Crippen LogP contribution >= 0.6 is 0 Å². The molecule has 5 nitrogen and oxygen atoms in total. The number of sulfonamides is 1. The summed E-state index contributed by atoms with van der Waals surface area (Å²) in [6.45, 7) is 6.68. The maximum absolute atomic E-state index is 12.6. The van der Waals surface area contributed by atoms with E-state index in [1.165, 1.54) is 9.87 Å². The van der Waals surface area contributed by atoms with Crippen LogP contribution in [0.3, 0.4) is 0 Å². The molecule has 1 saturated heterocycles. The number of benzene rings is 1. The van der Waals surface area contributed by atoms with Crippen LogP contribution < -0.4 is 9.88 Å². The van der Waals surface area contributed by atoms with E-state index in [-0.39, 0.29) is 0 Å². The van der Waals surface area contributed by atoms with Gasteiger partial charge in [0.1, 0.15) is 11.1 Å². The molecule has 1 aromatic heterocycles. The maximum Gasteiger partial charge on any atom is 0.274 e. The molecule has 1 N–H and O–H groups in total. The van der Waals surface area contributed by atoms with Crippen molar-refractivity contribution in [3.05, 3.63) is 54.2 Å². The van der Waals surface area contributed by atoms with E-state index in [0.717, 1.165) is 38.2 Å². The Balaban J connectivity index is 1.60. The monoisotopic (exact) mass is 388 g/mol. The van der Waals surface area contributed by atoms with Gasteiger partial charge in [0.25, 0.3) is 5.82 Å². The number of aromatic amines is 1. The van der Waals surface area contributed by atoms with Crippen LogP contribution in [0.15, 0.2) is 53.6 Å². The summed E-state index contributed by atoms with van der Waals surface area (Å²) in [5, 5.41) is 0. The van der Waals surface area contributed by atoms with Crippen LogP contribution in [0.25, 0.3) is 0 Å². The van der Waals surface area contributed by atoms with Gasteiger partial charge < -0.3 is 0 Å². The molecule has 3 rings (SSSR count). The van der Waals surface area contributed by atoms with Gasteiger partial charge in [0, 0.05) is 19.2 Å². The zero-order valence-corrected chi connectivity index (χ0v) is 17.1. The van der Waals surface area contributed by atoms with Gasteiger partial charge in [-0.15, -0.1) is 0 Å². The van der Waals surface area contributed by atoms with E-state index in [0.29, 0.717) is 23.9 Å². The highest BCUT2D eigenvalue weighted by atomic mass is 32.2. The lowest BCUT2D eigenvalue weighted by molar-refractivity contribution is -0.367. The molecule has 1 aliphatic heterocycles. The van der Waals surface area contributed by atoms with Crippen molar-refractivity contribution in [2.75, 3.05) is 31.1 Å². The predicted octanol–water partition coefficient (Wildman–Crippen LogP) is 2.99. The Hall–Kier alpha value is -1.92. The summed E-state index contributed by atoms with van der Waals surface area (Å²) in [5.41, 5.74) is 1.41. The van der Waals surface area contributed by atoms with Crippen molar-refractivity contribution >= 4 is 15.8 Å². The molecule has 0 aliphatic carbocycles. The molecular weight excluding hydrogens is 358 g/mol. The first kappa shape index (κ1) is 19.8. The van der Waals surface area contributed by atoms with Gasteiger partial charge in [0.15, 0.2) is 0 Å². The van der Waals surface area contributed by atoms with Gasteiger partial charge in [-0.3, -0.25) is 4.90 Å². The molecule has 2 heterocycles. The molecule has 2 aromatic rings. The van der Waals surface area contributed by atoms with Crippen LogP contribution in [0.5, 0.6) is 0 Å². The van der Waals surface area contributed by atoms with Crippen molar-refractivity contribution in [1.82, 2.24) is 4.31 Å². The minimum Gasteiger partial charge on any atom is -0.262 e. The number of nitrogens with one attached hydrogen (secondary N) is 1. The molecule has 0 bridgehead atoms. The van der Waals surface area contributed by atoms with Gasteiger partial charge in [-0.05, 0) is 36.8 Å². The van der Waals surface area contributed by atoms with E-state index >= 15 is 0 Å². The molecule has 0 saturated carbocycles. The van der Waals surface area contributed by atoms with E-state index in [1.807, 2.05) is 19.9 Å². The number of aromatic nitrogens is 1. The molecule has 1 fully saturated rings. The Morgan fingerprint density at radius 1 is 1.04 bits per heavy atom. The lowest BCUT2D eigenvalue weighted by atomic mass is 9.90. The predicted molar refractivity (Wildman–Crippen MR) is 108 cm³/mol. The quantitative estimate of drug-likeness (QED) is 0.733. The highest BCUT2D eigenvalue weighted by Gasteiger charge is 2.27. The fourth-order valence-corrected chi connectivity index (χ4v) is 5.22. The summed E-state index contributed by atoms with van der Waals surface area (Å²) >= 11 is 0. The number of H-pyrrole nitrogens is 1. The first-order chi connectivity index (χ1) is 13.0. The SMILES string of the molecule is CCN(CC)S(=O)(=O)c1ccc(N2CCC(Cc3ccccc3)CC2)[nH+]c1. The molecule has 146 valence electrons. The van der Waals surface area contributed by atoms with Crippen LogP contribution in [0.4, 0.5) is 5.82 Å². The second-order valence-electron chi connectivity index (χ2n) is 7.12. The van der Waals surface area contributed by atoms with Gasteiger partial charge in [0.2, 0.25) is 10.0 Å². The molecule has 0 amide bonds. The molecule has 1 aliphatic rings. The van der Waals surface area contributed by atoms with Gasteiger partial charge >= 0.3 is 0 Å². The van der Waals surface area contributed by atoms with Crippen molar-refractivity contribution in [2.45, 2.75) is 38.0 Å². The van der Waals surface area contributed by atoms with Crippen molar-refractivity contribution in [1.29, 1.82) is 0 Å². The van der Waals surface area contributed by atoms with Crippen LogP contribution in [0, 0.1) is 5.92 Å². The minimum atomic E-state index is -3.41. The Bertz CT molecular complexity index is 810. The summed E-state index contributed by atoms with van der Waals surface area (Å²) < 4.78 is 26.7. The van der Waals surface area contributed by atoms with Crippen LogP contribution in [0.2, 0.25) is 0 Å². The van der Waals surface area contributed by atoms with Crippen molar-refractivity contribution in [3.8, 4) is 0 Å². The molecule has 0 spiro atoms. The van der Waals surface area contributed by atoms with E-state index in [9.17, 15) is 8.42 Å². The van der Waals surface area contributed by atoms with E-state index in [1.54, 1.807) is 12.3 Å². The van der Waals surface area contributed by atoms with E-state index < -0.39 is 10.0 Å². The van der Waals surface area contributed by atoms with Gasteiger partial charge in [-0.25, -0.2) is 13.4 Å². The summed E-state index contributed by atoms with van der Waals surface area (Å²) in [5.74, 6) is 1.71. The third-order valence-electron chi connectivity index (χ3n) is 5.43. The number of rotatable bonds is 7. The largest absolute Gasteiger partial charge is 0.274 e. The van der Waals surface area contributed by atoms with Gasteiger partial charge in [-0.1, -0.05) is 44.2 Å². The summed E-state index contributed by atoms with van der Waals surface area (Å²) in [4.78, 5) is 5.84. The summed E-state index contributed by atoms with van der Waals surface area (Å²) in [7, 11) is -3.41. The fraction of sp³-hybridized carbons (Fsp3) is 0.476. The third kappa shape index (κ3) is 4.68. The average Bonchev–Trinajstić information content (AvgIpc) is 2.70. The maximum atomic E-state index is 12.6. The summed E-state index contributed by atoms with van der Waals surface area (Å²) in [6.07, 6.45) is 5.07. The summed E-state index contributed by atoms with van der Waals surface area (Å²) in [6, 6.07) is 14.3. The Labute approximate surface area is 163 Å². The van der Waals surface area contributed by atoms with Crippen LogP contribution in [-0.4, -0.2) is 38.9 Å². The van der Waals surface area contributed by atoms with Gasteiger partial charge in [0.05, 0.1) is 13.1 Å². The number of anilines is 1. The zero-order valence-electron chi connectivity index (χ0n) is 16.3. The number of hydrogen-bond acceptors (Lipinski definition) is 3. The molecule has 0 radical (unpaired) electrons. The average molecular weight is 389 g/mol. The zero-order chi connectivity index (χ0) is 19.3. The van der Waals surface area contributed by atoms with E-state index in [2.05, 4.69) is 40.2 Å². The Kier molecular flexibility index (Phi) is 6.50. The Morgan fingerprint density at radius 3 is 2.26 bits per heavy atom. The lowest BCUT2D eigenvalue weighted by Crippen LogP contribution is -2.38. The topological polar surface area (TPSA) is 54.8 Å². The highest BCUT2D eigenvalue weighted by Crippen LogP contribution is 2.24. The number of hydrogen-bond donors (Lipinski definition) is 0. The fourth-order valence-electron chi connectivity index (χ4n) is 3.80. The van der Waals surface area contributed by atoms with Crippen molar-refractivity contribution in [2.24, 2.45) is 5.92 Å². The molecule has 1 aromatic carbocycles. The standard InChI is InChI=1S/C21H29N3O2S/c1-3-24(4-2)27(25,26)20-10-11-21(22-17-20)23-14-12-19(13-15-23)16-18-8-6-5-7-9-18/h5-11,17,19H,3-4,12-16H2,1-2H3/p+1. The highest BCUT2D eigenvalue weighted by molar-refractivity contribution is 7.89. The van der Waals surface area contributed by atoms with Crippen molar-refractivity contribution in [3.63, 3.8) is 0 Å². The number of pyridine rings is 1. The second-order valence-corrected chi connectivity index (χ2v) is 9.06. The first-order valence-electron chi connectivity index (χ1n) is 9.85. The molecule has 27 heavy (non-hydrogen) atoms. The van der Waals surface area contributed by atoms with Gasteiger partial charge in [-0.2, -0.15) is 4.31 Å². The number of nitrogens with zero attached hydrogens (tertiary/aromatic N) is 2. The van der Waals surface area contributed by atoms with E-state index in [4.69, 9.17) is 0 Å². The minimum absolute atomic E-state index is 0.328. The molecule has 6 heteroatoms. The third-order valence-corrected chi connectivity index (χ3v) is 7.48. The smallest absolute Gasteiger partial charge is 0.262 e. The Morgan fingerprint density at radius 2 is 1.70 bits per heavy atom. The molecular formula is C21H30N3O2S+. The lowest BCUT2D eigenvalue weighted by Gasteiger charge is -2.27. The van der Waals surface area contributed by atoms with Crippen LogP contribution in [-0.2, 0) is 16.4 Å². The normalized spacial score (nSPS) is 16.0.